The number of aromatic nitrogens is 2. The second kappa shape index (κ2) is 6.03. The van der Waals surface area contributed by atoms with Crippen molar-refractivity contribution >= 4 is 28.9 Å². The van der Waals surface area contributed by atoms with Crippen molar-refractivity contribution in [2.75, 3.05) is 11.9 Å². The molecule has 0 radical (unpaired) electrons. The van der Waals surface area contributed by atoms with Gasteiger partial charge in [-0.15, -0.1) is 10.2 Å². The van der Waals surface area contributed by atoms with Crippen molar-refractivity contribution in [3.05, 3.63) is 52.3 Å². The predicted octanol–water partition coefficient (Wildman–Crippen LogP) is 4.00. The van der Waals surface area contributed by atoms with E-state index >= 15 is 0 Å². The lowest BCUT2D eigenvalue weighted by atomic mass is 10.0. The van der Waals surface area contributed by atoms with Gasteiger partial charge in [-0.3, -0.25) is 0 Å². The highest BCUT2D eigenvalue weighted by Gasteiger charge is 2.07. The predicted molar refractivity (Wildman–Crippen MR) is 75.4 cm³/mol. The van der Waals surface area contributed by atoms with Gasteiger partial charge in [0, 0.05) is 12.6 Å². The number of anilines is 1. The average molecular weight is 282 g/mol. The summed E-state index contributed by atoms with van der Waals surface area (Å²) < 4.78 is 0. The van der Waals surface area contributed by atoms with Gasteiger partial charge < -0.3 is 5.32 Å². The highest BCUT2D eigenvalue weighted by Crippen LogP contribution is 2.22. The normalized spacial score (nSPS) is 12.2. The minimum Gasteiger partial charge on any atom is -0.382 e. The van der Waals surface area contributed by atoms with Gasteiger partial charge in [-0.2, -0.15) is 0 Å². The number of hydrogen-bond acceptors (Lipinski definition) is 3. The summed E-state index contributed by atoms with van der Waals surface area (Å²) in [6.07, 6.45) is 0. The topological polar surface area (TPSA) is 37.8 Å². The first-order valence-electron chi connectivity index (χ1n) is 5.64. The first kappa shape index (κ1) is 13.1. The molecule has 0 aliphatic rings. The van der Waals surface area contributed by atoms with Crippen LogP contribution < -0.4 is 5.32 Å². The van der Waals surface area contributed by atoms with Crippen LogP contribution in [0.1, 0.15) is 18.4 Å². The summed E-state index contributed by atoms with van der Waals surface area (Å²) in [5.41, 5.74) is 1.98. The maximum absolute atomic E-state index is 5.93. The number of hydrogen-bond donors (Lipinski definition) is 1. The second-order valence-corrected chi connectivity index (χ2v) is 4.81. The van der Waals surface area contributed by atoms with E-state index < -0.39 is 0 Å². The Kier molecular flexibility index (Phi) is 4.39. The fourth-order valence-electron chi connectivity index (χ4n) is 1.64. The molecule has 94 valence electrons. The number of halogens is 2. The van der Waals surface area contributed by atoms with E-state index in [4.69, 9.17) is 23.2 Å². The third kappa shape index (κ3) is 3.34. The van der Waals surface area contributed by atoms with Gasteiger partial charge in [0.25, 0.3) is 0 Å². The maximum Gasteiger partial charge on any atom is 0.174 e. The van der Waals surface area contributed by atoms with Crippen molar-refractivity contribution in [3.63, 3.8) is 0 Å². The van der Waals surface area contributed by atoms with Gasteiger partial charge in [-0.25, -0.2) is 0 Å². The summed E-state index contributed by atoms with van der Waals surface area (Å²) in [6, 6.07) is 12.0. The van der Waals surface area contributed by atoms with E-state index in [1.165, 1.54) is 5.56 Å². The van der Waals surface area contributed by atoms with Gasteiger partial charge >= 0.3 is 0 Å². The van der Waals surface area contributed by atoms with E-state index in [1.54, 1.807) is 6.07 Å². The Morgan fingerprint density at radius 3 is 2.61 bits per heavy atom. The molecule has 1 heterocycles. The van der Waals surface area contributed by atoms with Crippen molar-refractivity contribution in [1.29, 1.82) is 0 Å². The Bertz CT molecular complexity index is 517. The molecule has 0 saturated heterocycles. The Balaban J connectivity index is 2.01. The summed E-state index contributed by atoms with van der Waals surface area (Å²) in [6.45, 7) is 2.90. The average Bonchev–Trinajstić information content (AvgIpc) is 2.40. The molecular weight excluding hydrogens is 269 g/mol. The van der Waals surface area contributed by atoms with Crippen molar-refractivity contribution in [3.8, 4) is 0 Å². The SMILES string of the molecule is CC(CNc1cc(Cl)nnc1Cl)c1ccccc1. The van der Waals surface area contributed by atoms with Gasteiger partial charge in [0.15, 0.2) is 10.3 Å². The van der Waals surface area contributed by atoms with Gasteiger partial charge in [-0.1, -0.05) is 60.5 Å². The molecule has 1 atom stereocenters. The lowest BCUT2D eigenvalue weighted by molar-refractivity contribution is 0.803. The van der Waals surface area contributed by atoms with Crippen LogP contribution in [-0.4, -0.2) is 16.7 Å². The molecule has 0 aliphatic heterocycles. The summed E-state index contributed by atoms with van der Waals surface area (Å²) in [7, 11) is 0. The van der Waals surface area contributed by atoms with Crippen LogP contribution in [0.25, 0.3) is 0 Å². The molecule has 0 amide bonds. The van der Waals surface area contributed by atoms with Crippen molar-refractivity contribution in [2.24, 2.45) is 0 Å². The van der Waals surface area contributed by atoms with E-state index in [0.717, 1.165) is 6.54 Å². The maximum atomic E-state index is 5.93. The highest BCUT2D eigenvalue weighted by molar-refractivity contribution is 6.33. The summed E-state index contributed by atoms with van der Waals surface area (Å²) in [4.78, 5) is 0. The molecule has 0 saturated carbocycles. The van der Waals surface area contributed by atoms with Gasteiger partial charge in [-0.05, 0) is 11.5 Å². The fourth-order valence-corrected chi connectivity index (χ4v) is 1.95. The van der Waals surface area contributed by atoms with E-state index in [-0.39, 0.29) is 0 Å². The van der Waals surface area contributed by atoms with E-state index in [0.29, 0.717) is 21.9 Å². The highest BCUT2D eigenvalue weighted by atomic mass is 35.5. The van der Waals surface area contributed by atoms with Crippen LogP contribution in [0.2, 0.25) is 10.3 Å². The number of benzene rings is 1. The van der Waals surface area contributed by atoms with E-state index in [2.05, 4.69) is 34.6 Å². The van der Waals surface area contributed by atoms with Crippen LogP contribution in [0.15, 0.2) is 36.4 Å². The molecule has 1 N–H and O–H groups in total. The first-order chi connectivity index (χ1) is 8.66. The zero-order valence-corrected chi connectivity index (χ0v) is 11.4. The lowest BCUT2D eigenvalue weighted by Crippen LogP contribution is -2.10. The molecule has 0 aliphatic carbocycles. The first-order valence-corrected chi connectivity index (χ1v) is 6.40. The zero-order valence-electron chi connectivity index (χ0n) is 9.90. The van der Waals surface area contributed by atoms with E-state index in [9.17, 15) is 0 Å². The molecule has 3 nitrogen and oxygen atoms in total. The molecule has 0 bridgehead atoms. The molecule has 1 aromatic carbocycles. The van der Waals surface area contributed by atoms with Crippen LogP contribution in [0, 0.1) is 0 Å². The minimum absolute atomic E-state index is 0.328. The van der Waals surface area contributed by atoms with Crippen LogP contribution in [0.4, 0.5) is 5.69 Å². The number of nitrogens with one attached hydrogen (secondary N) is 1. The smallest absolute Gasteiger partial charge is 0.174 e. The van der Waals surface area contributed by atoms with Crippen LogP contribution in [0.5, 0.6) is 0 Å². The number of rotatable bonds is 4. The third-order valence-corrected chi connectivity index (χ3v) is 3.15. The summed E-state index contributed by atoms with van der Waals surface area (Å²) in [5.74, 6) is 0.370. The summed E-state index contributed by atoms with van der Waals surface area (Å²) in [5, 5.41) is 11.3. The molecule has 18 heavy (non-hydrogen) atoms. The second-order valence-electron chi connectivity index (χ2n) is 4.06. The molecular formula is C13H13Cl2N3. The minimum atomic E-state index is 0.328. The van der Waals surface area contributed by atoms with Crippen LogP contribution in [-0.2, 0) is 0 Å². The van der Waals surface area contributed by atoms with Crippen molar-refractivity contribution < 1.29 is 0 Å². The number of nitrogens with zero attached hydrogens (tertiary/aromatic N) is 2. The molecule has 1 unspecified atom stereocenters. The Hall–Kier alpha value is -1.32. The fraction of sp³-hybridized carbons (Fsp3) is 0.231. The lowest BCUT2D eigenvalue weighted by Gasteiger charge is -2.14. The van der Waals surface area contributed by atoms with Crippen molar-refractivity contribution in [2.45, 2.75) is 12.8 Å². The Morgan fingerprint density at radius 2 is 1.89 bits per heavy atom. The molecule has 0 fully saturated rings. The van der Waals surface area contributed by atoms with E-state index in [1.807, 2.05) is 18.2 Å². The van der Waals surface area contributed by atoms with Gasteiger partial charge in [0.05, 0.1) is 5.69 Å². The molecule has 2 rings (SSSR count). The quantitative estimate of drug-likeness (QED) is 0.921. The van der Waals surface area contributed by atoms with Crippen LogP contribution >= 0.6 is 23.2 Å². The summed E-state index contributed by atoms with van der Waals surface area (Å²) >= 11 is 11.7. The Labute approximate surface area is 116 Å². The monoisotopic (exact) mass is 281 g/mol. The Morgan fingerprint density at radius 1 is 1.17 bits per heavy atom. The standard InChI is InChI=1S/C13H13Cl2N3/c1-9(10-5-3-2-4-6-10)8-16-11-7-12(14)17-18-13(11)15/h2-7,9H,8H2,1H3,(H,16,17). The largest absolute Gasteiger partial charge is 0.382 e. The van der Waals surface area contributed by atoms with Gasteiger partial charge in [0.2, 0.25) is 0 Å². The molecule has 1 aromatic heterocycles. The molecule has 0 spiro atoms. The molecule has 5 heteroatoms. The van der Waals surface area contributed by atoms with Crippen molar-refractivity contribution in [1.82, 2.24) is 10.2 Å². The zero-order chi connectivity index (χ0) is 13.0. The molecule has 2 aromatic rings. The van der Waals surface area contributed by atoms with Gasteiger partial charge in [0.1, 0.15) is 0 Å². The third-order valence-electron chi connectivity index (χ3n) is 2.69. The van der Waals surface area contributed by atoms with Crippen LogP contribution in [0.3, 0.4) is 0 Å².